The number of fused-ring (bicyclic) bond motifs is 5. The third-order valence-electron chi connectivity index (χ3n) is 5.78. The summed E-state index contributed by atoms with van der Waals surface area (Å²) in [4.78, 5) is 19.5. The Labute approximate surface area is 160 Å². The van der Waals surface area contributed by atoms with Crippen molar-refractivity contribution in [3.05, 3.63) is 99.5 Å². The summed E-state index contributed by atoms with van der Waals surface area (Å²) in [5.74, 6) is -0.357. The van der Waals surface area contributed by atoms with Crippen molar-refractivity contribution in [2.75, 3.05) is 0 Å². The Kier molecular flexibility index (Phi) is 2.98. The third kappa shape index (κ3) is 2.00. The van der Waals surface area contributed by atoms with E-state index in [1.165, 1.54) is 22.1 Å². The van der Waals surface area contributed by atoms with E-state index in [-0.39, 0.29) is 5.92 Å². The normalized spacial score (nSPS) is 15.1. The molecule has 0 saturated heterocycles. The molecule has 1 atom stereocenters. The Hall–Kier alpha value is -3.66. The number of pyridine rings is 1. The highest BCUT2D eigenvalue weighted by Crippen LogP contribution is 2.50. The van der Waals surface area contributed by atoms with Gasteiger partial charge in [-0.2, -0.15) is 0 Å². The molecule has 0 saturated carbocycles. The van der Waals surface area contributed by atoms with Crippen molar-refractivity contribution in [3.8, 4) is 11.3 Å². The number of hydrogen-bond donors (Lipinski definition) is 1. The lowest BCUT2D eigenvalue weighted by molar-refractivity contribution is 0.555. The molecular weight excluding hydrogens is 348 g/mol. The molecule has 0 spiro atoms. The fourth-order valence-corrected chi connectivity index (χ4v) is 4.56. The lowest BCUT2D eigenvalue weighted by atomic mass is 9.87. The predicted octanol–water partition coefficient (Wildman–Crippen LogP) is 5.14. The minimum atomic E-state index is -0.433. The van der Waals surface area contributed by atoms with Gasteiger partial charge in [0, 0.05) is 16.9 Å². The van der Waals surface area contributed by atoms with Crippen LogP contribution < -0.4 is 5.76 Å². The zero-order valence-electron chi connectivity index (χ0n) is 15.2. The van der Waals surface area contributed by atoms with E-state index in [4.69, 9.17) is 9.40 Å². The van der Waals surface area contributed by atoms with Crippen molar-refractivity contribution in [1.82, 2.24) is 9.97 Å². The fourth-order valence-electron chi connectivity index (χ4n) is 4.56. The van der Waals surface area contributed by atoms with Gasteiger partial charge in [0.05, 0.1) is 16.7 Å². The van der Waals surface area contributed by atoms with Crippen molar-refractivity contribution < 1.29 is 4.42 Å². The van der Waals surface area contributed by atoms with E-state index >= 15 is 0 Å². The molecule has 1 aliphatic carbocycles. The average molecular weight is 364 g/mol. The first kappa shape index (κ1) is 15.4. The number of aryl methyl sites for hydroxylation is 1. The van der Waals surface area contributed by atoms with Crippen molar-refractivity contribution >= 4 is 22.0 Å². The molecule has 1 unspecified atom stereocenters. The molecule has 2 heterocycles. The van der Waals surface area contributed by atoms with Crippen LogP contribution in [0.5, 0.6) is 0 Å². The summed E-state index contributed by atoms with van der Waals surface area (Å²) in [6, 6.07) is 22.7. The Morgan fingerprint density at radius 3 is 2.64 bits per heavy atom. The van der Waals surface area contributed by atoms with E-state index < -0.39 is 5.76 Å². The maximum Gasteiger partial charge on any atom is 0.417 e. The fraction of sp³-hybridized carbons (Fsp3) is 0.0833. The Bertz CT molecular complexity index is 1440. The number of aromatic amines is 1. The van der Waals surface area contributed by atoms with E-state index in [0.29, 0.717) is 5.58 Å². The number of hydrogen-bond acceptors (Lipinski definition) is 3. The van der Waals surface area contributed by atoms with Crippen molar-refractivity contribution in [2.24, 2.45) is 0 Å². The van der Waals surface area contributed by atoms with Gasteiger partial charge in [-0.05, 0) is 47.4 Å². The second-order valence-corrected chi connectivity index (χ2v) is 7.31. The highest BCUT2D eigenvalue weighted by molar-refractivity contribution is 5.94. The molecule has 0 aliphatic heterocycles. The molecule has 4 nitrogen and oxygen atoms in total. The molecule has 28 heavy (non-hydrogen) atoms. The van der Waals surface area contributed by atoms with Gasteiger partial charge in [0.2, 0.25) is 0 Å². The van der Waals surface area contributed by atoms with E-state index in [9.17, 15) is 4.79 Å². The summed E-state index contributed by atoms with van der Waals surface area (Å²) in [5, 5.41) is 1.17. The van der Waals surface area contributed by atoms with Gasteiger partial charge in [-0.15, -0.1) is 0 Å². The van der Waals surface area contributed by atoms with Gasteiger partial charge in [0.15, 0.2) is 5.58 Å². The van der Waals surface area contributed by atoms with Crippen LogP contribution in [0.15, 0.2) is 75.9 Å². The van der Waals surface area contributed by atoms with E-state index in [2.05, 4.69) is 48.3 Å². The van der Waals surface area contributed by atoms with Crippen molar-refractivity contribution in [3.63, 3.8) is 0 Å². The topological polar surface area (TPSA) is 58.9 Å². The monoisotopic (exact) mass is 364 g/mol. The van der Waals surface area contributed by atoms with Crippen molar-refractivity contribution in [1.29, 1.82) is 0 Å². The molecule has 4 heteroatoms. The second kappa shape index (κ2) is 5.42. The number of benzene rings is 3. The van der Waals surface area contributed by atoms with Gasteiger partial charge >= 0.3 is 5.76 Å². The van der Waals surface area contributed by atoms with Crippen molar-refractivity contribution in [2.45, 2.75) is 12.8 Å². The van der Waals surface area contributed by atoms with Gasteiger partial charge < -0.3 is 4.42 Å². The lowest BCUT2D eigenvalue weighted by Gasteiger charge is -2.17. The molecule has 134 valence electrons. The van der Waals surface area contributed by atoms with Crippen LogP contribution in [0.2, 0.25) is 0 Å². The minimum Gasteiger partial charge on any atom is -0.408 e. The zero-order chi connectivity index (χ0) is 18.8. The first-order valence-corrected chi connectivity index (χ1v) is 9.32. The standard InChI is InChI=1S/C24H16N2O2/c1-13-15-9-5-6-10-18(15)25-23-17-12-20-19(26-24(27)28-20)11-16(17)22(21(13)23)14-7-3-2-4-8-14/h2-12,22H,1H3,(H,26,27). The van der Waals surface area contributed by atoms with Gasteiger partial charge in [-0.25, -0.2) is 9.78 Å². The number of para-hydroxylation sites is 1. The van der Waals surface area contributed by atoms with Gasteiger partial charge in [0.25, 0.3) is 0 Å². The Balaban J connectivity index is 1.77. The molecule has 5 aromatic rings. The summed E-state index contributed by atoms with van der Waals surface area (Å²) in [6.07, 6.45) is 0. The summed E-state index contributed by atoms with van der Waals surface area (Å²) < 4.78 is 5.33. The van der Waals surface area contributed by atoms with E-state index in [1.807, 2.05) is 30.3 Å². The highest BCUT2D eigenvalue weighted by Gasteiger charge is 2.34. The molecular formula is C24H16N2O2. The Morgan fingerprint density at radius 1 is 1.00 bits per heavy atom. The lowest BCUT2D eigenvalue weighted by Crippen LogP contribution is -2.02. The zero-order valence-corrected chi connectivity index (χ0v) is 15.2. The summed E-state index contributed by atoms with van der Waals surface area (Å²) in [5.41, 5.74) is 9.12. The van der Waals surface area contributed by atoms with E-state index in [1.54, 1.807) is 0 Å². The minimum absolute atomic E-state index is 0.0751. The van der Waals surface area contributed by atoms with Gasteiger partial charge in [-0.1, -0.05) is 48.5 Å². The number of aromatic nitrogens is 2. The molecule has 1 N–H and O–H groups in total. The maximum absolute atomic E-state index is 11.7. The van der Waals surface area contributed by atoms with Crippen LogP contribution in [-0.2, 0) is 0 Å². The largest absolute Gasteiger partial charge is 0.417 e. The molecule has 6 rings (SSSR count). The Morgan fingerprint density at radius 2 is 1.79 bits per heavy atom. The first-order valence-electron chi connectivity index (χ1n) is 9.32. The van der Waals surface area contributed by atoms with Crippen LogP contribution in [0.3, 0.4) is 0 Å². The van der Waals surface area contributed by atoms with Crippen LogP contribution in [0, 0.1) is 6.92 Å². The molecule has 0 radical (unpaired) electrons. The number of nitrogens with zero attached hydrogens (tertiary/aromatic N) is 1. The van der Waals surface area contributed by atoms with Gasteiger partial charge in [-0.3, -0.25) is 4.98 Å². The smallest absolute Gasteiger partial charge is 0.408 e. The number of rotatable bonds is 1. The highest BCUT2D eigenvalue weighted by atomic mass is 16.4. The second-order valence-electron chi connectivity index (χ2n) is 7.31. The number of nitrogens with one attached hydrogen (secondary N) is 1. The quantitative estimate of drug-likeness (QED) is 0.439. The molecule has 1 aliphatic rings. The summed E-state index contributed by atoms with van der Waals surface area (Å²) in [6.45, 7) is 2.18. The molecule has 0 bridgehead atoms. The average Bonchev–Trinajstić information content (AvgIpc) is 3.23. The molecule has 3 aromatic carbocycles. The van der Waals surface area contributed by atoms with Crippen LogP contribution in [0.4, 0.5) is 0 Å². The SMILES string of the molecule is Cc1c2c(nc3ccccc13)-c1cc3oc(=O)[nH]c3cc1C2c1ccccc1. The summed E-state index contributed by atoms with van der Waals surface area (Å²) in [7, 11) is 0. The molecule has 0 amide bonds. The predicted molar refractivity (Wildman–Crippen MR) is 110 cm³/mol. The number of oxazole rings is 1. The maximum atomic E-state index is 11.7. The van der Waals surface area contributed by atoms with Crippen LogP contribution in [-0.4, -0.2) is 9.97 Å². The van der Waals surface area contributed by atoms with Gasteiger partial charge in [0.1, 0.15) is 0 Å². The molecule has 0 fully saturated rings. The van der Waals surface area contributed by atoms with Crippen LogP contribution in [0.25, 0.3) is 33.3 Å². The van der Waals surface area contributed by atoms with E-state index in [0.717, 1.165) is 27.9 Å². The van der Waals surface area contributed by atoms with Crippen LogP contribution in [0.1, 0.15) is 28.2 Å². The molecule has 2 aromatic heterocycles. The summed E-state index contributed by atoms with van der Waals surface area (Å²) >= 11 is 0. The first-order chi connectivity index (χ1) is 13.7. The number of H-pyrrole nitrogens is 1. The third-order valence-corrected chi connectivity index (χ3v) is 5.78. The van der Waals surface area contributed by atoms with Crippen LogP contribution >= 0.6 is 0 Å².